The summed E-state index contributed by atoms with van der Waals surface area (Å²) in [6, 6.07) is 1.40. The summed E-state index contributed by atoms with van der Waals surface area (Å²) in [5.74, 6) is -4.77. The van der Waals surface area contributed by atoms with Crippen LogP contribution in [0.1, 0.15) is 43.0 Å². The Balaban J connectivity index is 2.35. The molecule has 1 heterocycles. The van der Waals surface area contributed by atoms with Crippen LogP contribution in [0.3, 0.4) is 0 Å². The second kappa shape index (κ2) is 7.17. The van der Waals surface area contributed by atoms with Crippen LogP contribution < -0.4 is 5.32 Å². The minimum Gasteiger partial charge on any atom is -0.466 e. The molecule has 1 unspecified atom stereocenters. The highest BCUT2D eigenvalue weighted by molar-refractivity contribution is 6.05. The number of allylic oxidation sites excluding steroid dienone is 3. The van der Waals surface area contributed by atoms with Crippen LogP contribution in [0.25, 0.3) is 0 Å². The van der Waals surface area contributed by atoms with E-state index in [2.05, 4.69) is 5.32 Å². The molecule has 2 atom stereocenters. The second-order valence-corrected chi connectivity index (χ2v) is 6.40. The van der Waals surface area contributed by atoms with Crippen molar-refractivity contribution >= 4 is 11.8 Å². The molecule has 0 radical (unpaired) electrons. The SMILES string of the molecule is COC(=O)C1=C(CF)NC2=C(C(=O)CC2)[C@H]1c1cc(F)cc(F)c1C(C)F. The molecule has 1 aliphatic carbocycles. The first-order chi connectivity index (χ1) is 12.8. The number of alkyl halides is 2. The summed E-state index contributed by atoms with van der Waals surface area (Å²) in [7, 11) is 1.06. The van der Waals surface area contributed by atoms with Crippen molar-refractivity contribution in [3.63, 3.8) is 0 Å². The largest absolute Gasteiger partial charge is 0.466 e. The van der Waals surface area contributed by atoms with Gasteiger partial charge < -0.3 is 10.1 Å². The van der Waals surface area contributed by atoms with Crippen molar-refractivity contribution in [2.75, 3.05) is 13.8 Å². The predicted octanol–water partition coefficient (Wildman–Crippen LogP) is 3.70. The molecule has 3 rings (SSSR count). The lowest BCUT2D eigenvalue weighted by Crippen LogP contribution is -2.32. The number of carbonyl (C=O) groups is 2. The predicted molar refractivity (Wildman–Crippen MR) is 88.0 cm³/mol. The summed E-state index contributed by atoms with van der Waals surface area (Å²) in [4.78, 5) is 24.8. The standard InChI is InChI=1S/C19H17F4NO3/c1-8(21)15-10(5-9(22)6-11(15)23)16-17-12(3-4-14(17)25)24-13(7-20)18(16)19(26)27-2/h5-6,8,16,24H,3-4,7H2,1-2H3/t8?,16-/m1/s1. The summed E-state index contributed by atoms with van der Waals surface area (Å²) in [5.41, 5.74) is -0.706. The molecule has 0 fully saturated rings. The number of hydrogen-bond acceptors (Lipinski definition) is 4. The summed E-state index contributed by atoms with van der Waals surface area (Å²) in [5, 5.41) is 2.72. The maximum absolute atomic E-state index is 14.3. The molecule has 0 spiro atoms. The Morgan fingerprint density at radius 2 is 2.04 bits per heavy atom. The van der Waals surface area contributed by atoms with Crippen molar-refractivity contribution in [3.8, 4) is 0 Å². The topological polar surface area (TPSA) is 55.4 Å². The van der Waals surface area contributed by atoms with Gasteiger partial charge in [0.1, 0.15) is 24.5 Å². The Hall–Kier alpha value is -2.64. The summed E-state index contributed by atoms with van der Waals surface area (Å²) in [6.07, 6.45) is -1.48. The molecule has 0 amide bonds. The molecule has 8 heteroatoms. The van der Waals surface area contributed by atoms with Crippen molar-refractivity contribution in [2.45, 2.75) is 31.9 Å². The number of ether oxygens (including phenoxy) is 1. The smallest absolute Gasteiger partial charge is 0.336 e. The van der Waals surface area contributed by atoms with Gasteiger partial charge in [-0.1, -0.05) is 0 Å². The molecule has 1 N–H and O–H groups in total. The van der Waals surface area contributed by atoms with Crippen LogP contribution in [0.5, 0.6) is 0 Å². The van der Waals surface area contributed by atoms with E-state index in [4.69, 9.17) is 4.74 Å². The number of benzene rings is 1. The Kier molecular flexibility index (Phi) is 5.08. The van der Waals surface area contributed by atoms with Gasteiger partial charge in [0.15, 0.2) is 5.78 Å². The number of rotatable bonds is 4. The zero-order valence-electron chi connectivity index (χ0n) is 14.7. The fraction of sp³-hybridized carbons (Fsp3) is 0.368. The minimum atomic E-state index is -1.84. The zero-order valence-corrected chi connectivity index (χ0v) is 14.7. The average Bonchev–Trinajstić information content (AvgIpc) is 2.99. The number of hydrogen-bond donors (Lipinski definition) is 1. The van der Waals surface area contributed by atoms with E-state index in [1.165, 1.54) is 0 Å². The van der Waals surface area contributed by atoms with Crippen LogP contribution >= 0.6 is 0 Å². The Labute approximate surface area is 152 Å². The number of methoxy groups -OCH3 is 1. The number of carbonyl (C=O) groups excluding carboxylic acids is 2. The molecular weight excluding hydrogens is 366 g/mol. The normalized spacial score (nSPS) is 20.5. The first kappa shape index (κ1) is 19.1. The van der Waals surface area contributed by atoms with Crippen molar-refractivity contribution in [2.24, 2.45) is 0 Å². The lowest BCUT2D eigenvalue weighted by atomic mass is 9.77. The molecular formula is C19H17F4NO3. The molecule has 0 aromatic heterocycles. The minimum absolute atomic E-state index is 0.0829. The molecule has 0 saturated heterocycles. The van der Waals surface area contributed by atoms with E-state index >= 15 is 0 Å². The highest BCUT2D eigenvalue weighted by atomic mass is 19.1. The van der Waals surface area contributed by atoms with E-state index in [-0.39, 0.29) is 41.0 Å². The summed E-state index contributed by atoms with van der Waals surface area (Å²) < 4.78 is 60.8. The van der Waals surface area contributed by atoms with E-state index in [1.54, 1.807) is 0 Å². The molecule has 4 nitrogen and oxygen atoms in total. The number of dihydropyridines is 1. The zero-order chi connectivity index (χ0) is 19.9. The molecule has 2 aliphatic rings. The van der Waals surface area contributed by atoms with Gasteiger partial charge in [-0.05, 0) is 25.0 Å². The van der Waals surface area contributed by atoms with Gasteiger partial charge in [0.2, 0.25) is 0 Å². The van der Waals surface area contributed by atoms with E-state index in [1.807, 2.05) is 0 Å². The molecule has 0 bridgehead atoms. The number of Topliss-reactive ketones (excluding diaryl/α,β-unsaturated/α-hetero) is 1. The van der Waals surface area contributed by atoms with Gasteiger partial charge in [-0.3, -0.25) is 4.79 Å². The highest BCUT2D eigenvalue weighted by Gasteiger charge is 2.43. The number of halogens is 4. The maximum Gasteiger partial charge on any atom is 0.336 e. The third-order valence-electron chi connectivity index (χ3n) is 4.81. The van der Waals surface area contributed by atoms with Gasteiger partial charge >= 0.3 is 5.97 Å². The average molecular weight is 383 g/mol. The quantitative estimate of drug-likeness (QED) is 0.636. The van der Waals surface area contributed by atoms with Crippen molar-refractivity contribution in [3.05, 3.63) is 57.4 Å². The first-order valence-electron chi connectivity index (χ1n) is 8.33. The second-order valence-electron chi connectivity index (χ2n) is 6.40. The van der Waals surface area contributed by atoms with E-state index < -0.39 is 41.9 Å². The Morgan fingerprint density at radius 1 is 1.33 bits per heavy atom. The number of ketones is 1. The van der Waals surface area contributed by atoms with Crippen molar-refractivity contribution in [1.82, 2.24) is 5.32 Å². The first-order valence-corrected chi connectivity index (χ1v) is 8.33. The van der Waals surface area contributed by atoms with Crippen LogP contribution in [0, 0.1) is 11.6 Å². The van der Waals surface area contributed by atoms with Crippen LogP contribution in [0.15, 0.2) is 34.7 Å². The van der Waals surface area contributed by atoms with Crippen LogP contribution in [-0.4, -0.2) is 25.5 Å². The van der Waals surface area contributed by atoms with Gasteiger partial charge in [0.25, 0.3) is 0 Å². The maximum atomic E-state index is 14.3. The fourth-order valence-corrected chi connectivity index (χ4v) is 3.74. The van der Waals surface area contributed by atoms with Crippen LogP contribution in [0.2, 0.25) is 0 Å². The Morgan fingerprint density at radius 3 is 2.63 bits per heavy atom. The van der Waals surface area contributed by atoms with E-state index in [0.717, 1.165) is 20.1 Å². The Bertz CT molecular complexity index is 889. The molecule has 27 heavy (non-hydrogen) atoms. The van der Waals surface area contributed by atoms with Crippen LogP contribution in [0.4, 0.5) is 17.6 Å². The molecule has 1 aromatic rings. The van der Waals surface area contributed by atoms with Gasteiger partial charge in [-0.2, -0.15) is 0 Å². The molecule has 144 valence electrons. The molecule has 1 aromatic carbocycles. The van der Waals surface area contributed by atoms with Gasteiger partial charge in [0.05, 0.1) is 18.4 Å². The number of esters is 1. The molecule has 0 saturated carbocycles. The monoisotopic (exact) mass is 383 g/mol. The van der Waals surface area contributed by atoms with Crippen molar-refractivity contribution in [1.29, 1.82) is 0 Å². The van der Waals surface area contributed by atoms with Crippen molar-refractivity contribution < 1.29 is 31.9 Å². The van der Waals surface area contributed by atoms with Gasteiger partial charge in [0, 0.05) is 35.2 Å². The van der Waals surface area contributed by atoms with E-state index in [0.29, 0.717) is 11.8 Å². The number of nitrogens with one attached hydrogen (secondary N) is 1. The summed E-state index contributed by atoms with van der Waals surface area (Å²) >= 11 is 0. The summed E-state index contributed by atoms with van der Waals surface area (Å²) in [6.45, 7) is -0.0333. The third-order valence-corrected chi connectivity index (χ3v) is 4.81. The molecule has 1 aliphatic heterocycles. The highest BCUT2D eigenvalue weighted by Crippen LogP contribution is 2.46. The van der Waals surface area contributed by atoms with Gasteiger partial charge in [-0.15, -0.1) is 0 Å². The van der Waals surface area contributed by atoms with Gasteiger partial charge in [-0.25, -0.2) is 22.4 Å². The van der Waals surface area contributed by atoms with Crippen LogP contribution in [-0.2, 0) is 14.3 Å². The van der Waals surface area contributed by atoms with E-state index in [9.17, 15) is 27.2 Å². The lowest BCUT2D eigenvalue weighted by molar-refractivity contribution is -0.136. The lowest BCUT2D eigenvalue weighted by Gasteiger charge is -2.30. The fourth-order valence-electron chi connectivity index (χ4n) is 3.74. The third kappa shape index (κ3) is 3.13.